The molecule has 0 unspecified atom stereocenters. The van der Waals surface area contributed by atoms with Crippen LogP contribution in [0.25, 0.3) is 0 Å². The largest absolute Gasteiger partial charge is 0.485 e. The van der Waals surface area contributed by atoms with Crippen molar-refractivity contribution < 1.29 is 14.1 Å². The second-order valence-electron chi connectivity index (χ2n) is 3.91. The highest BCUT2D eigenvalue weighted by Crippen LogP contribution is 2.19. The van der Waals surface area contributed by atoms with Crippen LogP contribution in [-0.4, -0.2) is 16.4 Å². The maximum absolute atomic E-state index is 10.9. The molecule has 18 heavy (non-hydrogen) atoms. The molecule has 1 heterocycles. The summed E-state index contributed by atoms with van der Waals surface area (Å²) in [7, 11) is 0. The van der Waals surface area contributed by atoms with E-state index >= 15 is 0 Å². The van der Waals surface area contributed by atoms with Crippen LogP contribution in [0.1, 0.15) is 34.6 Å². The zero-order valence-electron chi connectivity index (χ0n) is 10.3. The van der Waals surface area contributed by atoms with Gasteiger partial charge in [0, 0.05) is 6.42 Å². The van der Waals surface area contributed by atoms with Crippen molar-refractivity contribution in [3.05, 3.63) is 41.0 Å². The highest BCUT2D eigenvalue weighted by Gasteiger charge is 2.07. The molecule has 5 heteroatoms. The second-order valence-corrected chi connectivity index (χ2v) is 3.91. The molecule has 2 rings (SSSR count). The molecule has 5 nitrogen and oxygen atoms in total. The molecule has 0 aliphatic heterocycles. The number of nitrogens with zero attached hydrogens (tertiary/aromatic N) is 2. The Kier molecular flexibility index (Phi) is 3.72. The van der Waals surface area contributed by atoms with Crippen LogP contribution < -0.4 is 4.74 Å². The molecule has 0 radical (unpaired) electrons. The summed E-state index contributed by atoms with van der Waals surface area (Å²) in [5.41, 5.74) is 1.53. The quantitative estimate of drug-likeness (QED) is 0.757. The van der Waals surface area contributed by atoms with Crippen molar-refractivity contribution in [2.24, 2.45) is 0 Å². The Morgan fingerprint density at radius 2 is 2.28 bits per heavy atom. The van der Waals surface area contributed by atoms with Gasteiger partial charge in [-0.25, -0.2) is 0 Å². The Morgan fingerprint density at radius 3 is 2.94 bits per heavy atom. The Morgan fingerprint density at radius 1 is 1.44 bits per heavy atom. The first-order chi connectivity index (χ1) is 8.72. The van der Waals surface area contributed by atoms with E-state index in [1.54, 1.807) is 12.1 Å². The zero-order valence-corrected chi connectivity index (χ0v) is 10.3. The molecule has 0 bridgehead atoms. The number of rotatable bonds is 5. The third-order valence-corrected chi connectivity index (χ3v) is 2.46. The number of hydrogen-bond donors (Lipinski definition) is 0. The van der Waals surface area contributed by atoms with Crippen LogP contribution >= 0.6 is 0 Å². The van der Waals surface area contributed by atoms with Crippen LogP contribution in [0.3, 0.4) is 0 Å². The maximum atomic E-state index is 10.9. The SMILES string of the molecule is CCc1nc(COc2ccc(C)cc2C=O)no1. The highest BCUT2D eigenvalue weighted by molar-refractivity contribution is 5.79. The molecule has 0 aliphatic rings. The first-order valence-corrected chi connectivity index (χ1v) is 5.73. The summed E-state index contributed by atoms with van der Waals surface area (Å²) in [5.74, 6) is 1.58. The molecule has 0 aliphatic carbocycles. The summed E-state index contributed by atoms with van der Waals surface area (Å²) in [5, 5.41) is 3.78. The fourth-order valence-electron chi connectivity index (χ4n) is 1.53. The molecule has 0 N–H and O–H groups in total. The molecular formula is C13H14N2O3. The van der Waals surface area contributed by atoms with E-state index in [9.17, 15) is 4.79 Å². The van der Waals surface area contributed by atoms with Gasteiger partial charge in [-0.1, -0.05) is 23.7 Å². The number of aromatic nitrogens is 2. The molecule has 1 aromatic heterocycles. The summed E-state index contributed by atoms with van der Waals surface area (Å²) in [6, 6.07) is 5.42. The summed E-state index contributed by atoms with van der Waals surface area (Å²) in [4.78, 5) is 15.0. The lowest BCUT2D eigenvalue weighted by molar-refractivity contribution is 0.111. The molecule has 94 valence electrons. The lowest BCUT2D eigenvalue weighted by Gasteiger charge is -2.06. The van der Waals surface area contributed by atoms with E-state index in [2.05, 4.69) is 10.1 Å². The predicted molar refractivity (Wildman–Crippen MR) is 64.6 cm³/mol. The number of benzene rings is 1. The van der Waals surface area contributed by atoms with Gasteiger partial charge in [0.15, 0.2) is 12.9 Å². The van der Waals surface area contributed by atoms with Crippen molar-refractivity contribution in [1.82, 2.24) is 10.1 Å². The normalized spacial score (nSPS) is 10.3. The second kappa shape index (κ2) is 5.44. The highest BCUT2D eigenvalue weighted by atomic mass is 16.5. The number of ether oxygens (including phenoxy) is 1. The lowest BCUT2D eigenvalue weighted by Crippen LogP contribution is -2.00. The summed E-state index contributed by atoms with van der Waals surface area (Å²) >= 11 is 0. The van der Waals surface area contributed by atoms with Crippen molar-refractivity contribution in [3.63, 3.8) is 0 Å². The first-order valence-electron chi connectivity index (χ1n) is 5.73. The van der Waals surface area contributed by atoms with Gasteiger partial charge in [0.25, 0.3) is 0 Å². The monoisotopic (exact) mass is 246 g/mol. The predicted octanol–water partition coefficient (Wildman–Crippen LogP) is 2.33. The van der Waals surface area contributed by atoms with Gasteiger partial charge in [-0.05, 0) is 19.1 Å². The van der Waals surface area contributed by atoms with Gasteiger partial charge >= 0.3 is 0 Å². The van der Waals surface area contributed by atoms with Crippen LogP contribution in [0.5, 0.6) is 5.75 Å². The van der Waals surface area contributed by atoms with E-state index in [4.69, 9.17) is 9.26 Å². The zero-order chi connectivity index (χ0) is 13.0. The van der Waals surface area contributed by atoms with E-state index in [1.807, 2.05) is 19.9 Å². The fraction of sp³-hybridized carbons (Fsp3) is 0.308. The standard InChI is InChI=1S/C13H14N2O3/c1-3-13-14-12(15-18-13)8-17-11-5-4-9(2)6-10(11)7-16/h4-7H,3,8H2,1-2H3. The lowest BCUT2D eigenvalue weighted by atomic mass is 10.1. The smallest absolute Gasteiger partial charge is 0.226 e. The van der Waals surface area contributed by atoms with Crippen molar-refractivity contribution in [1.29, 1.82) is 0 Å². The Bertz CT molecular complexity index is 549. The number of carbonyl (C=O) groups is 1. The number of carbonyl (C=O) groups excluding carboxylic acids is 1. The van der Waals surface area contributed by atoms with Gasteiger partial charge in [0.2, 0.25) is 11.7 Å². The van der Waals surface area contributed by atoms with Gasteiger partial charge in [-0.15, -0.1) is 0 Å². The van der Waals surface area contributed by atoms with Crippen LogP contribution in [0, 0.1) is 6.92 Å². The van der Waals surface area contributed by atoms with Crippen molar-refractivity contribution >= 4 is 6.29 Å². The number of aldehydes is 1. The van der Waals surface area contributed by atoms with E-state index in [1.165, 1.54) is 0 Å². The molecule has 0 saturated carbocycles. The summed E-state index contributed by atoms with van der Waals surface area (Å²) in [6.45, 7) is 4.04. The Hall–Kier alpha value is -2.17. The minimum absolute atomic E-state index is 0.188. The van der Waals surface area contributed by atoms with Gasteiger partial charge < -0.3 is 9.26 Å². The van der Waals surface area contributed by atoms with Gasteiger partial charge in [0.05, 0.1) is 5.56 Å². The molecule has 0 fully saturated rings. The Balaban J connectivity index is 2.07. The minimum Gasteiger partial charge on any atom is -0.485 e. The maximum Gasteiger partial charge on any atom is 0.226 e. The van der Waals surface area contributed by atoms with Crippen LogP contribution in [0.4, 0.5) is 0 Å². The summed E-state index contributed by atoms with van der Waals surface area (Å²) in [6.07, 6.45) is 1.47. The molecule has 0 amide bonds. The van der Waals surface area contributed by atoms with Gasteiger partial charge in [-0.2, -0.15) is 4.98 Å². The molecular weight excluding hydrogens is 232 g/mol. The minimum atomic E-state index is 0.188. The first kappa shape index (κ1) is 12.3. The molecule has 0 spiro atoms. The van der Waals surface area contributed by atoms with Gasteiger partial charge in [0.1, 0.15) is 5.75 Å². The fourth-order valence-corrected chi connectivity index (χ4v) is 1.53. The Labute approximate surface area is 105 Å². The molecule has 0 atom stereocenters. The van der Waals surface area contributed by atoms with Crippen molar-refractivity contribution in [2.75, 3.05) is 0 Å². The topological polar surface area (TPSA) is 65.2 Å². The van der Waals surface area contributed by atoms with Crippen molar-refractivity contribution in [3.8, 4) is 5.75 Å². The van der Waals surface area contributed by atoms with E-state index in [-0.39, 0.29) is 6.61 Å². The molecule has 1 aromatic carbocycles. The van der Waals surface area contributed by atoms with E-state index in [0.29, 0.717) is 29.4 Å². The number of hydrogen-bond acceptors (Lipinski definition) is 5. The average Bonchev–Trinajstić information content (AvgIpc) is 2.85. The molecule has 2 aromatic rings. The summed E-state index contributed by atoms with van der Waals surface area (Å²) < 4.78 is 10.5. The molecule has 0 saturated heterocycles. The average molecular weight is 246 g/mol. The van der Waals surface area contributed by atoms with E-state index < -0.39 is 0 Å². The van der Waals surface area contributed by atoms with Crippen LogP contribution in [0.2, 0.25) is 0 Å². The van der Waals surface area contributed by atoms with E-state index in [0.717, 1.165) is 11.8 Å². The number of aryl methyl sites for hydroxylation is 2. The van der Waals surface area contributed by atoms with Crippen LogP contribution in [0.15, 0.2) is 22.7 Å². The third kappa shape index (κ3) is 2.74. The third-order valence-electron chi connectivity index (χ3n) is 2.46. The van der Waals surface area contributed by atoms with Gasteiger partial charge in [-0.3, -0.25) is 4.79 Å². The van der Waals surface area contributed by atoms with Crippen LogP contribution in [-0.2, 0) is 13.0 Å². The van der Waals surface area contributed by atoms with Crippen molar-refractivity contribution in [2.45, 2.75) is 26.9 Å².